The van der Waals surface area contributed by atoms with Crippen molar-refractivity contribution in [2.75, 3.05) is 24.5 Å². The first kappa shape index (κ1) is 15.1. The maximum atomic E-state index is 13.1. The highest BCUT2D eigenvalue weighted by Gasteiger charge is 2.49. The van der Waals surface area contributed by atoms with Crippen LogP contribution in [-0.4, -0.2) is 45.4 Å². The summed E-state index contributed by atoms with van der Waals surface area (Å²) in [5.74, 6) is 1.01. The smallest absolute Gasteiger partial charge is 0.230 e. The third kappa shape index (κ3) is 2.72. The maximum Gasteiger partial charge on any atom is 0.230 e. The monoisotopic (exact) mass is 323 g/mol. The van der Waals surface area contributed by atoms with Crippen LogP contribution in [0.3, 0.4) is 0 Å². The number of hydrogen-bond acceptors (Lipinski definition) is 5. The van der Waals surface area contributed by atoms with Crippen LogP contribution >= 0.6 is 0 Å². The first-order valence-electron chi connectivity index (χ1n) is 8.47. The Morgan fingerprint density at radius 2 is 1.83 bits per heavy atom. The summed E-state index contributed by atoms with van der Waals surface area (Å²) in [6, 6.07) is 5.77. The SMILES string of the molecule is O=C1N(Cc2ccncc2)CC[C@]12CCCN(c1ncccn1)C2. The predicted molar refractivity (Wildman–Crippen MR) is 90.2 cm³/mol. The van der Waals surface area contributed by atoms with Gasteiger partial charge in [-0.15, -0.1) is 0 Å². The van der Waals surface area contributed by atoms with Gasteiger partial charge in [0.1, 0.15) is 0 Å². The average Bonchev–Trinajstić information content (AvgIpc) is 2.93. The first-order valence-corrected chi connectivity index (χ1v) is 8.47. The number of amides is 1. The lowest BCUT2D eigenvalue weighted by molar-refractivity contribution is -0.137. The van der Waals surface area contributed by atoms with Crippen molar-refractivity contribution in [3.63, 3.8) is 0 Å². The number of rotatable bonds is 3. The fourth-order valence-electron chi connectivity index (χ4n) is 3.89. The molecule has 0 unspecified atom stereocenters. The van der Waals surface area contributed by atoms with E-state index in [2.05, 4.69) is 19.9 Å². The molecule has 1 amide bonds. The zero-order valence-corrected chi connectivity index (χ0v) is 13.6. The lowest BCUT2D eigenvalue weighted by Gasteiger charge is -2.39. The first-order chi connectivity index (χ1) is 11.8. The van der Waals surface area contributed by atoms with Crippen molar-refractivity contribution in [3.8, 4) is 0 Å². The summed E-state index contributed by atoms with van der Waals surface area (Å²) in [5, 5.41) is 0. The number of carbonyl (C=O) groups excluding carboxylic acids is 1. The van der Waals surface area contributed by atoms with Gasteiger partial charge in [-0.2, -0.15) is 0 Å². The van der Waals surface area contributed by atoms with Crippen LogP contribution in [0, 0.1) is 5.41 Å². The molecule has 6 nitrogen and oxygen atoms in total. The molecule has 24 heavy (non-hydrogen) atoms. The summed E-state index contributed by atoms with van der Waals surface area (Å²) in [6.45, 7) is 3.14. The molecular weight excluding hydrogens is 302 g/mol. The average molecular weight is 323 g/mol. The largest absolute Gasteiger partial charge is 0.340 e. The van der Waals surface area contributed by atoms with Gasteiger partial charge >= 0.3 is 0 Å². The van der Waals surface area contributed by atoms with Crippen LogP contribution in [0.4, 0.5) is 5.95 Å². The second kappa shape index (κ2) is 6.19. The van der Waals surface area contributed by atoms with Gasteiger partial charge in [-0.25, -0.2) is 9.97 Å². The summed E-state index contributed by atoms with van der Waals surface area (Å²) < 4.78 is 0. The highest BCUT2D eigenvalue weighted by molar-refractivity contribution is 5.85. The predicted octanol–water partition coefficient (Wildman–Crippen LogP) is 1.89. The molecule has 0 aliphatic carbocycles. The van der Waals surface area contributed by atoms with E-state index in [9.17, 15) is 4.79 Å². The molecular formula is C18H21N5O. The van der Waals surface area contributed by atoms with E-state index in [0.717, 1.165) is 50.4 Å². The van der Waals surface area contributed by atoms with Gasteiger partial charge < -0.3 is 9.80 Å². The van der Waals surface area contributed by atoms with Crippen LogP contribution in [0.5, 0.6) is 0 Å². The van der Waals surface area contributed by atoms with E-state index in [0.29, 0.717) is 6.54 Å². The molecule has 0 N–H and O–H groups in total. The highest BCUT2D eigenvalue weighted by atomic mass is 16.2. The van der Waals surface area contributed by atoms with E-state index in [1.807, 2.05) is 23.1 Å². The summed E-state index contributed by atoms with van der Waals surface area (Å²) >= 11 is 0. The maximum absolute atomic E-state index is 13.1. The molecule has 2 fully saturated rings. The number of anilines is 1. The van der Waals surface area contributed by atoms with Crippen molar-refractivity contribution < 1.29 is 4.79 Å². The minimum atomic E-state index is -0.273. The van der Waals surface area contributed by atoms with E-state index in [-0.39, 0.29) is 11.3 Å². The van der Waals surface area contributed by atoms with Crippen molar-refractivity contribution in [2.24, 2.45) is 5.41 Å². The molecule has 2 aliphatic heterocycles. The van der Waals surface area contributed by atoms with Gasteiger partial charge in [0, 0.05) is 51.0 Å². The Morgan fingerprint density at radius 3 is 2.62 bits per heavy atom. The quantitative estimate of drug-likeness (QED) is 0.863. The molecule has 6 heteroatoms. The number of carbonyl (C=O) groups is 1. The van der Waals surface area contributed by atoms with Crippen LogP contribution in [0.2, 0.25) is 0 Å². The van der Waals surface area contributed by atoms with Crippen molar-refractivity contribution in [1.82, 2.24) is 19.9 Å². The normalized spacial score (nSPS) is 23.9. The van der Waals surface area contributed by atoms with Gasteiger partial charge in [-0.05, 0) is 43.0 Å². The number of likely N-dealkylation sites (tertiary alicyclic amines) is 1. The molecule has 124 valence electrons. The van der Waals surface area contributed by atoms with Crippen LogP contribution < -0.4 is 4.90 Å². The Morgan fingerprint density at radius 1 is 1.04 bits per heavy atom. The molecule has 0 aromatic carbocycles. The molecule has 2 aliphatic rings. The Kier molecular flexibility index (Phi) is 3.88. The standard InChI is InChI=1S/C18H21N5O/c24-16-18(6-12-22(16)13-15-3-9-19-10-4-15)5-1-11-23(14-18)17-20-7-2-8-21-17/h2-4,7-10H,1,5-6,11-14H2/t18-/m0/s1. The third-order valence-electron chi connectivity index (χ3n) is 5.14. The Bertz CT molecular complexity index is 708. The van der Waals surface area contributed by atoms with E-state index in [1.54, 1.807) is 24.8 Å². The van der Waals surface area contributed by atoms with Crippen LogP contribution in [-0.2, 0) is 11.3 Å². The van der Waals surface area contributed by atoms with Gasteiger partial charge in [0.2, 0.25) is 11.9 Å². The van der Waals surface area contributed by atoms with Crippen molar-refractivity contribution in [2.45, 2.75) is 25.8 Å². The molecule has 1 atom stereocenters. The number of pyridine rings is 1. The van der Waals surface area contributed by atoms with Crippen molar-refractivity contribution in [1.29, 1.82) is 0 Å². The summed E-state index contributed by atoms with van der Waals surface area (Å²) in [4.78, 5) is 30.0. The lowest BCUT2D eigenvalue weighted by Crippen LogP contribution is -2.48. The minimum absolute atomic E-state index is 0.273. The van der Waals surface area contributed by atoms with Gasteiger partial charge in [0.25, 0.3) is 0 Å². The van der Waals surface area contributed by atoms with Crippen molar-refractivity contribution in [3.05, 3.63) is 48.5 Å². The zero-order valence-electron chi connectivity index (χ0n) is 13.6. The van der Waals surface area contributed by atoms with Gasteiger partial charge in [-0.3, -0.25) is 9.78 Å². The van der Waals surface area contributed by atoms with E-state index < -0.39 is 0 Å². The van der Waals surface area contributed by atoms with Crippen molar-refractivity contribution >= 4 is 11.9 Å². The van der Waals surface area contributed by atoms with E-state index in [1.165, 1.54) is 0 Å². The van der Waals surface area contributed by atoms with E-state index in [4.69, 9.17) is 0 Å². The molecule has 2 aromatic heterocycles. The fraction of sp³-hybridized carbons (Fsp3) is 0.444. The van der Waals surface area contributed by atoms with E-state index >= 15 is 0 Å². The third-order valence-corrected chi connectivity index (χ3v) is 5.14. The number of nitrogens with zero attached hydrogens (tertiary/aromatic N) is 5. The molecule has 2 aromatic rings. The number of aromatic nitrogens is 3. The second-order valence-corrected chi connectivity index (χ2v) is 6.69. The zero-order chi connectivity index (χ0) is 16.4. The van der Waals surface area contributed by atoms with Crippen LogP contribution in [0.25, 0.3) is 0 Å². The topological polar surface area (TPSA) is 62.2 Å². The molecule has 2 saturated heterocycles. The number of hydrogen-bond donors (Lipinski definition) is 0. The molecule has 0 saturated carbocycles. The van der Waals surface area contributed by atoms with Gasteiger partial charge in [-0.1, -0.05) is 0 Å². The minimum Gasteiger partial charge on any atom is -0.340 e. The molecule has 4 heterocycles. The van der Waals surface area contributed by atoms with Crippen LogP contribution in [0.15, 0.2) is 43.0 Å². The second-order valence-electron chi connectivity index (χ2n) is 6.69. The summed E-state index contributed by atoms with van der Waals surface area (Å²) in [5.41, 5.74) is 0.860. The fourth-order valence-corrected chi connectivity index (χ4v) is 3.89. The summed E-state index contributed by atoms with van der Waals surface area (Å²) in [7, 11) is 0. The molecule has 0 radical (unpaired) electrons. The molecule has 0 bridgehead atoms. The lowest BCUT2D eigenvalue weighted by atomic mass is 9.78. The Hall–Kier alpha value is -2.50. The van der Waals surface area contributed by atoms with Gasteiger partial charge in [0.05, 0.1) is 5.41 Å². The van der Waals surface area contributed by atoms with Crippen LogP contribution in [0.1, 0.15) is 24.8 Å². The Balaban J connectivity index is 1.50. The highest BCUT2D eigenvalue weighted by Crippen LogP contribution is 2.41. The Labute approximate surface area is 141 Å². The molecule has 1 spiro atoms. The molecule has 4 rings (SSSR count). The van der Waals surface area contributed by atoms with Gasteiger partial charge in [0.15, 0.2) is 0 Å². The summed E-state index contributed by atoms with van der Waals surface area (Å²) in [6.07, 6.45) is 9.96. The number of piperidine rings is 1.